The number of aliphatic hydroxyl groups excluding tert-OH is 1. The molecule has 1 N–H and O–H groups in total. The van der Waals surface area contributed by atoms with Gasteiger partial charge in [0.15, 0.2) is 0 Å². The van der Waals surface area contributed by atoms with Crippen LogP contribution in [-0.2, 0) is 6.42 Å². The maximum Gasteiger partial charge on any atom is 0.128 e. The number of thiophene rings is 1. The summed E-state index contributed by atoms with van der Waals surface area (Å²) in [6.45, 7) is 0.721. The number of nitrogens with zero attached hydrogens (tertiary/aromatic N) is 1. The normalized spacial score (nSPS) is 15.5. The van der Waals surface area contributed by atoms with Gasteiger partial charge in [-0.3, -0.25) is 4.98 Å². The summed E-state index contributed by atoms with van der Waals surface area (Å²) in [4.78, 5) is 4.41. The van der Waals surface area contributed by atoms with E-state index in [2.05, 4.69) is 11.1 Å². The molecule has 1 aromatic carbocycles. The monoisotopic (exact) mass is 297 g/mol. The molecule has 1 unspecified atom stereocenters. The highest BCUT2D eigenvalue weighted by Crippen LogP contribution is 2.36. The van der Waals surface area contributed by atoms with Gasteiger partial charge >= 0.3 is 0 Å². The Hall–Kier alpha value is -1.91. The zero-order valence-corrected chi connectivity index (χ0v) is 12.3. The smallest absolute Gasteiger partial charge is 0.128 e. The minimum atomic E-state index is -0.697. The van der Waals surface area contributed by atoms with Crippen molar-refractivity contribution in [2.45, 2.75) is 18.9 Å². The molecule has 2 aromatic heterocycles. The van der Waals surface area contributed by atoms with E-state index in [1.165, 1.54) is 5.56 Å². The summed E-state index contributed by atoms with van der Waals surface area (Å²) in [6, 6.07) is 10.0. The van der Waals surface area contributed by atoms with E-state index in [0.29, 0.717) is 0 Å². The van der Waals surface area contributed by atoms with Gasteiger partial charge in [0.2, 0.25) is 0 Å². The van der Waals surface area contributed by atoms with E-state index in [9.17, 15) is 5.11 Å². The van der Waals surface area contributed by atoms with Gasteiger partial charge in [-0.1, -0.05) is 18.2 Å². The van der Waals surface area contributed by atoms with Crippen molar-refractivity contribution < 1.29 is 9.84 Å². The van der Waals surface area contributed by atoms with Crippen LogP contribution in [0.1, 0.15) is 29.2 Å². The molecule has 1 atom stereocenters. The predicted octanol–water partition coefficient (Wildman–Crippen LogP) is 3.70. The third-order valence-corrected chi connectivity index (χ3v) is 4.75. The van der Waals surface area contributed by atoms with E-state index in [4.69, 9.17) is 4.74 Å². The average Bonchev–Trinajstić information content (AvgIpc) is 3.01. The first kappa shape index (κ1) is 12.8. The molecule has 0 saturated carbocycles. The minimum Gasteiger partial charge on any atom is -0.493 e. The zero-order valence-electron chi connectivity index (χ0n) is 11.5. The van der Waals surface area contributed by atoms with Crippen LogP contribution in [0.25, 0.3) is 10.2 Å². The van der Waals surface area contributed by atoms with Gasteiger partial charge < -0.3 is 9.84 Å². The summed E-state index contributed by atoms with van der Waals surface area (Å²) in [6.07, 6.45) is 3.10. The van der Waals surface area contributed by atoms with Gasteiger partial charge in [0.25, 0.3) is 0 Å². The summed E-state index contributed by atoms with van der Waals surface area (Å²) in [7, 11) is 0. The van der Waals surface area contributed by atoms with Gasteiger partial charge in [-0.05, 0) is 35.9 Å². The second kappa shape index (κ2) is 5.13. The molecule has 0 saturated heterocycles. The molecule has 106 valence electrons. The molecular formula is C17H15NO2S. The molecule has 3 nitrogen and oxygen atoms in total. The van der Waals surface area contributed by atoms with Gasteiger partial charge in [-0.25, -0.2) is 0 Å². The number of aryl methyl sites for hydroxylation is 1. The second-order valence-electron chi connectivity index (χ2n) is 5.26. The lowest BCUT2D eigenvalue weighted by Crippen LogP contribution is -2.12. The summed E-state index contributed by atoms with van der Waals surface area (Å²) < 4.78 is 6.89. The lowest BCUT2D eigenvalue weighted by Gasteiger charge is -2.22. The van der Waals surface area contributed by atoms with Gasteiger partial charge in [0.05, 0.1) is 16.8 Å². The zero-order chi connectivity index (χ0) is 14.2. The molecule has 0 spiro atoms. The third-order valence-electron chi connectivity index (χ3n) is 3.90. The SMILES string of the molecule is OC(c1cnc2ccsc2c1)c1cccc2c1OCCC2. The first-order valence-corrected chi connectivity index (χ1v) is 7.97. The standard InChI is InChI=1S/C17H15NO2S/c19-16(12-9-15-14(18-10-12)6-8-21-15)13-5-1-3-11-4-2-7-20-17(11)13/h1,3,5-6,8-10,16,19H,2,4,7H2. The highest BCUT2D eigenvalue weighted by Gasteiger charge is 2.21. The Morgan fingerprint density at radius 1 is 1.29 bits per heavy atom. The molecule has 0 aliphatic carbocycles. The summed E-state index contributed by atoms with van der Waals surface area (Å²) in [5.74, 6) is 0.850. The quantitative estimate of drug-likeness (QED) is 0.784. The van der Waals surface area contributed by atoms with Crippen molar-refractivity contribution in [3.63, 3.8) is 0 Å². The Balaban J connectivity index is 1.78. The molecule has 3 aromatic rings. The van der Waals surface area contributed by atoms with Gasteiger partial charge in [-0.15, -0.1) is 11.3 Å². The number of aliphatic hydroxyl groups is 1. The number of rotatable bonds is 2. The van der Waals surface area contributed by atoms with Crippen molar-refractivity contribution in [3.05, 3.63) is 58.6 Å². The van der Waals surface area contributed by atoms with Crippen LogP contribution in [0.3, 0.4) is 0 Å². The Labute approximate surface area is 126 Å². The largest absolute Gasteiger partial charge is 0.493 e. The van der Waals surface area contributed by atoms with E-state index in [-0.39, 0.29) is 0 Å². The number of benzene rings is 1. The Morgan fingerprint density at radius 3 is 3.19 bits per heavy atom. The molecule has 1 aliphatic heterocycles. The number of para-hydroxylation sites is 1. The Kier molecular flexibility index (Phi) is 3.13. The minimum absolute atomic E-state index is 0.697. The number of hydrogen-bond acceptors (Lipinski definition) is 4. The van der Waals surface area contributed by atoms with Crippen LogP contribution in [-0.4, -0.2) is 16.7 Å². The Bertz CT molecular complexity index is 796. The van der Waals surface area contributed by atoms with E-state index < -0.39 is 6.10 Å². The van der Waals surface area contributed by atoms with Crippen LogP contribution < -0.4 is 4.74 Å². The molecule has 1 aliphatic rings. The van der Waals surface area contributed by atoms with E-state index in [1.807, 2.05) is 29.6 Å². The molecule has 4 heteroatoms. The fourth-order valence-electron chi connectivity index (χ4n) is 2.82. The van der Waals surface area contributed by atoms with Gasteiger partial charge in [0, 0.05) is 17.3 Å². The fraction of sp³-hybridized carbons (Fsp3) is 0.235. The van der Waals surface area contributed by atoms with Crippen LogP contribution in [0.4, 0.5) is 0 Å². The van der Waals surface area contributed by atoms with Crippen molar-refractivity contribution in [2.75, 3.05) is 6.61 Å². The van der Waals surface area contributed by atoms with Crippen LogP contribution >= 0.6 is 11.3 Å². The fourth-order valence-corrected chi connectivity index (χ4v) is 3.61. The Morgan fingerprint density at radius 2 is 2.24 bits per heavy atom. The summed E-state index contributed by atoms with van der Waals surface area (Å²) in [5.41, 5.74) is 3.81. The molecule has 0 bridgehead atoms. The van der Waals surface area contributed by atoms with Crippen LogP contribution in [0, 0.1) is 0 Å². The second-order valence-corrected chi connectivity index (χ2v) is 6.21. The van der Waals surface area contributed by atoms with Gasteiger partial charge in [0.1, 0.15) is 11.9 Å². The van der Waals surface area contributed by atoms with Crippen molar-refractivity contribution in [1.29, 1.82) is 0 Å². The van der Waals surface area contributed by atoms with E-state index in [1.54, 1.807) is 17.5 Å². The number of fused-ring (bicyclic) bond motifs is 2. The topological polar surface area (TPSA) is 42.4 Å². The molecule has 0 radical (unpaired) electrons. The van der Waals surface area contributed by atoms with Crippen LogP contribution in [0.2, 0.25) is 0 Å². The molecule has 0 fully saturated rings. The summed E-state index contributed by atoms with van der Waals surface area (Å²) in [5, 5.41) is 12.7. The number of pyridine rings is 1. The van der Waals surface area contributed by atoms with Crippen LogP contribution in [0.15, 0.2) is 41.9 Å². The third kappa shape index (κ3) is 2.20. The lowest BCUT2D eigenvalue weighted by atomic mass is 9.96. The maximum atomic E-state index is 10.7. The van der Waals surface area contributed by atoms with Crippen molar-refractivity contribution in [2.24, 2.45) is 0 Å². The predicted molar refractivity (Wildman–Crippen MR) is 83.9 cm³/mol. The molecule has 3 heterocycles. The van der Waals surface area contributed by atoms with Gasteiger partial charge in [-0.2, -0.15) is 0 Å². The first-order valence-electron chi connectivity index (χ1n) is 7.09. The van der Waals surface area contributed by atoms with Crippen molar-refractivity contribution >= 4 is 21.6 Å². The lowest BCUT2D eigenvalue weighted by molar-refractivity contribution is 0.206. The molecular weight excluding hydrogens is 282 g/mol. The molecule has 21 heavy (non-hydrogen) atoms. The number of ether oxygens (including phenoxy) is 1. The molecule has 4 rings (SSSR count). The number of aromatic nitrogens is 1. The summed E-state index contributed by atoms with van der Waals surface area (Å²) >= 11 is 1.64. The number of hydrogen-bond donors (Lipinski definition) is 1. The van der Waals surface area contributed by atoms with Crippen molar-refractivity contribution in [3.8, 4) is 5.75 Å². The highest BCUT2D eigenvalue weighted by molar-refractivity contribution is 7.17. The highest BCUT2D eigenvalue weighted by atomic mass is 32.1. The van der Waals surface area contributed by atoms with E-state index in [0.717, 1.165) is 46.5 Å². The van der Waals surface area contributed by atoms with E-state index >= 15 is 0 Å². The average molecular weight is 297 g/mol. The molecule has 0 amide bonds. The maximum absolute atomic E-state index is 10.7. The first-order chi connectivity index (χ1) is 10.3. The van der Waals surface area contributed by atoms with Crippen molar-refractivity contribution in [1.82, 2.24) is 4.98 Å². The van der Waals surface area contributed by atoms with Crippen LogP contribution in [0.5, 0.6) is 5.75 Å².